The van der Waals surface area contributed by atoms with Gasteiger partial charge in [-0.05, 0) is 49.5 Å². The van der Waals surface area contributed by atoms with Crippen molar-refractivity contribution in [1.82, 2.24) is 15.5 Å². The molecule has 1 heterocycles. The van der Waals surface area contributed by atoms with E-state index in [9.17, 15) is 14.4 Å². The van der Waals surface area contributed by atoms with Gasteiger partial charge in [-0.2, -0.15) is 0 Å². The molecule has 1 saturated heterocycles. The van der Waals surface area contributed by atoms with Gasteiger partial charge in [0.05, 0.1) is 0 Å². The number of benzene rings is 1. The van der Waals surface area contributed by atoms with Crippen LogP contribution in [0.2, 0.25) is 0 Å². The van der Waals surface area contributed by atoms with Gasteiger partial charge in [0.15, 0.2) is 0 Å². The van der Waals surface area contributed by atoms with Gasteiger partial charge in [-0.25, -0.2) is 0 Å². The summed E-state index contributed by atoms with van der Waals surface area (Å²) < 4.78 is 0. The van der Waals surface area contributed by atoms with Gasteiger partial charge in [-0.3, -0.25) is 14.4 Å². The molecule has 0 aromatic heterocycles. The van der Waals surface area contributed by atoms with Crippen molar-refractivity contribution in [3.05, 3.63) is 41.5 Å². The summed E-state index contributed by atoms with van der Waals surface area (Å²) in [5.74, 6) is 0.270. The fraction of sp³-hybridized carbons (Fsp3) is 0.522. The summed E-state index contributed by atoms with van der Waals surface area (Å²) in [7, 11) is 1.59. The third-order valence-electron chi connectivity index (χ3n) is 5.93. The highest BCUT2D eigenvalue weighted by atomic mass is 16.2. The topological polar surface area (TPSA) is 78.5 Å². The molecule has 1 aliphatic heterocycles. The van der Waals surface area contributed by atoms with E-state index in [-0.39, 0.29) is 23.8 Å². The number of carbonyl (C=O) groups excluding carboxylic acids is 3. The Morgan fingerprint density at radius 2 is 1.62 bits per heavy atom. The van der Waals surface area contributed by atoms with Crippen LogP contribution in [0.1, 0.15) is 60.9 Å². The van der Waals surface area contributed by atoms with Crippen LogP contribution in [0.25, 0.3) is 6.08 Å². The largest absolute Gasteiger partial charge is 0.355 e. The van der Waals surface area contributed by atoms with Crippen molar-refractivity contribution >= 4 is 23.8 Å². The van der Waals surface area contributed by atoms with Crippen molar-refractivity contribution < 1.29 is 14.4 Å². The van der Waals surface area contributed by atoms with E-state index in [1.54, 1.807) is 25.3 Å². The summed E-state index contributed by atoms with van der Waals surface area (Å²) in [6.45, 7) is 1.45. The summed E-state index contributed by atoms with van der Waals surface area (Å²) in [4.78, 5) is 38.4. The van der Waals surface area contributed by atoms with E-state index < -0.39 is 0 Å². The maximum atomic E-state index is 12.6. The Hall–Kier alpha value is -2.63. The molecule has 2 N–H and O–H groups in total. The van der Waals surface area contributed by atoms with E-state index in [4.69, 9.17) is 0 Å². The molecule has 3 amide bonds. The standard InChI is InChI=1S/C23H31N3O3/c1-24-22(28)18-10-7-17(8-11-18)9-12-21(27)25-20-13-15-26(16-14-20)23(29)19-5-3-2-4-6-19/h7-12,19-20H,2-6,13-16H2,1H3,(H,24,28)(H,25,27). The molecule has 3 rings (SSSR count). The number of carbonyl (C=O) groups is 3. The molecular weight excluding hydrogens is 366 g/mol. The molecule has 1 saturated carbocycles. The lowest BCUT2D eigenvalue weighted by Crippen LogP contribution is -2.48. The number of hydrogen-bond donors (Lipinski definition) is 2. The molecule has 2 aliphatic rings. The molecule has 0 unspecified atom stereocenters. The second-order valence-electron chi connectivity index (χ2n) is 7.98. The van der Waals surface area contributed by atoms with Gasteiger partial charge in [0.2, 0.25) is 11.8 Å². The van der Waals surface area contributed by atoms with Crippen LogP contribution in [0, 0.1) is 5.92 Å². The van der Waals surface area contributed by atoms with E-state index in [1.807, 2.05) is 17.0 Å². The number of nitrogens with zero attached hydrogens (tertiary/aromatic N) is 1. The molecule has 6 heteroatoms. The van der Waals surface area contributed by atoms with E-state index in [1.165, 1.54) is 25.3 Å². The highest BCUT2D eigenvalue weighted by Gasteiger charge is 2.29. The second kappa shape index (κ2) is 10.2. The Kier molecular flexibility index (Phi) is 7.44. The summed E-state index contributed by atoms with van der Waals surface area (Å²) in [5, 5.41) is 5.62. The predicted octanol–water partition coefficient (Wildman–Crippen LogP) is 2.75. The van der Waals surface area contributed by atoms with Crippen molar-refractivity contribution in [3.8, 4) is 0 Å². The van der Waals surface area contributed by atoms with E-state index in [0.717, 1.165) is 44.3 Å². The predicted molar refractivity (Wildman–Crippen MR) is 113 cm³/mol. The molecule has 2 fully saturated rings. The number of piperidine rings is 1. The maximum Gasteiger partial charge on any atom is 0.251 e. The molecule has 0 atom stereocenters. The minimum absolute atomic E-state index is 0.109. The van der Waals surface area contributed by atoms with Crippen molar-refractivity contribution in [2.45, 2.75) is 51.0 Å². The van der Waals surface area contributed by atoms with E-state index in [2.05, 4.69) is 10.6 Å². The summed E-state index contributed by atoms with van der Waals surface area (Å²) in [5.41, 5.74) is 1.45. The zero-order chi connectivity index (χ0) is 20.6. The zero-order valence-electron chi connectivity index (χ0n) is 17.2. The van der Waals surface area contributed by atoms with Crippen molar-refractivity contribution in [1.29, 1.82) is 0 Å². The molecule has 0 spiro atoms. The SMILES string of the molecule is CNC(=O)c1ccc(C=CC(=O)NC2CCN(C(=O)C3CCCCC3)CC2)cc1. The van der Waals surface area contributed by atoms with Crippen LogP contribution in [0.5, 0.6) is 0 Å². The molecule has 1 aromatic rings. The molecule has 1 aromatic carbocycles. The van der Waals surface area contributed by atoms with Crippen LogP contribution in [0.3, 0.4) is 0 Å². The lowest BCUT2D eigenvalue weighted by Gasteiger charge is -2.35. The van der Waals surface area contributed by atoms with E-state index >= 15 is 0 Å². The maximum absolute atomic E-state index is 12.6. The Morgan fingerprint density at radius 3 is 2.24 bits per heavy atom. The van der Waals surface area contributed by atoms with Gasteiger partial charge >= 0.3 is 0 Å². The second-order valence-corrected chi connectivity index (χ2v) is 7.98. The van der Waals surface area contributed by atoms with Crippen molar-refractivity contribution in [2.24, 2.45) is 5.92 Å². The summed E-state index contributed by atoms with van der Waals surface area (Å²) >= 11 is 0. The van der Waals surface area contributed by atoms with Crippen LogP contribution < -0.4 is 10.6 Å². The summed E-state index contributed by atoms with van der Waals surface area (Å²) in [6, 6.07) is 7.19. The fourth-order valence-electron chi connectivity index (χ4n) is 4.16. The van der Waals surface area contributed by atoms with Crippen LogP contribution >= 0.6 is 0 Å². The molecule has 29 heavy (non-hydrogen) atoms. The van der Waals surface area contributed by atoms with Crippen LogP contribution in [0.4, 0.5) is 0 Å². The Labute approximate surface area is 172 Å². The fourth-order valence-corrected chi connectivity index (χ4v) is 4.16. The number of likely N-dealkylation sites (tertiary alicyclic amines) is 1. The monoisotopic (exact) mass is 397 g/mol. The molecular formula is C23H31N3O3. The van der Waals surface area contributed by atoms with E-state index in [0.29, 0.717) is 11.5 Å². The van der Waals surface area contributed by atoms with Crippen molar-refractivity contribution in [3.63, 3.8) is 0 Å². The molecule has 6 nitrogen and oxygen atoms in total. The van der Waals surface area contributed by atoms with Gasteiger partial charge in [0.25, 0.3) is 5.91 Å². The minimum atomic E-state index is -0.133. The minimum Gasteiger partial charge on any atom is -0.355 e. The first kappa shape index (κ1) is 21.1. The van der Waals surface area contributed by atoms with Gasteiger partial charge < -0.3 is 15.5 Å². The first-order valence-electron chi connectivity index (χ1n) is 10.7. The normalized spacial score (nSPS) is 18.6. The average molecular weight is 398 g/mol. The lowest BCUT2D eigenvalue weighted by molar-refractivity contribution is -0.137. The Bertz CT molecular complexity index is 743. The third-order valence-corrected chi connectivity index (χ3v) is 5.93. The number of rotatable bonds is 5. The van der Waals surface area contributed by atoms with Crippen LogP contribution in [0.15, 0.2) is 30.3 Å². The zero-order valence-corrected chi connectivity index (χ0v) is 17.2. The van der Waals surface area contributed by atoms with Gasteiger partial charge in [0.1, 0.15) is 0 Å². The average Bonchev–Trinajstić information content (AvgIpc) is 2.78. The van der Waals surface area contributed by atoms with Gasteiger partial charge in [0, 0.05) is 43.7 Å². The molecule has 0 bridgehead atoms. The first-order chi connectivity index (χ1) is 14.1. The lowest BCUT2D eigenvalue weighted by atomic mass is 9.87. The quantitative estimate of drug-likeness (QED) is 0.750. The highest BCUT2D eigenvalue weighted by Crippen LogP contribution is 2.26. The highest BCUT2D eigenvalue weighted by molar-refractivity contribution is 5.94. The first-order valence-corrected chi connectivity index (χ1v) is 10.7. The molecule has 0 radical (unpaired) electrons. The molecule has 156 valence electrons. The molecule has 1 aliphatic carbocycles. The van der Waals surface area contributed by atoms with Gasteiger partial charge in [-0.1, -0.05) is 31.4 Å². The van der Waals surface area contributed by atoms with Crippen LogP contribution in [-0.4, -0.2) is 48.8 Å². The van der Waals surface area contributed by atoms with Crippen LogP contribution in [-0.2, 0) is 9.59 Å². The Balaban J connectivity index is 1.43. The number of hydrogen-bond acceptors (Lipinski definition) is 3. The van der Waals surface area contributed by atoms with Gasteiger partial charge in [-0.15, -0.1) is 0 Å². The third kappa shape index (κ3) is 5.92. The number of amides is 3. The number of nitrogens with one attached hydrogen (secondary N) is 2. The Morgan fingerprint density at radius 1 is 0.966 bits per heavy atom. The smallest absolute Gasteiger partial charge is 0.251 e. The summed E-state index contributed by atoms with van der Waals surface area (Å²) in [6.07, 6.45) is 10.5. The van der Waals surface area contributed by atoms with Crippen molar-refractivity contribution in [2.75, 3.05) is 20.1 Å².